The van der Waals surface area contributed by atoms with E-state index in [4.69, 9.17) is 5.11 Å². The van der Waals surface area contributed by atoms with Gasteiger partial charge in [0.2, 0.25) is 0 Å². The lowest BCUT2D eigenvalue weighted by molar-refractivity contribution is 0.0707. The lowest BCUT2D eigenvalue weighted by Gasteiger charge is -2.22. The highest BCUT2D eigenvalue weighted by molar-refractivity contribution is 5.96. The molecular weight excluding hydrogens is 202 g/mol. The summed E-state index contributed by atoms with van der Waals surface area (Å²) in [6.45, 7) is 2.42. The maximum absolute atomic E-state index is 12.3. The van der Waals surface area contributed by atoms with Crippen molar-refractivity contribution in [2.24, 2.45) is 0 Å². The summed E-state index contributed by atoms with van der Waals surface area (Å²) in [4.78, 5) is 14.0. The van der Waals surface area contributed by atoms with Crippen LogP contribution in [0.3, 0.4) is 0 Å². The van der Waals surface area contributed by atoms with Gasteiger partial charge >= 0.3 is 0 Å². The average molecular weight is 219 g/mol. The summed E-state index contributed by atoms with van der Waals surface area (Å²) in [5.74, 6) is 0.0506. The molecule has 3 nitrogen and oxygen atoms in total. The van der Waals surface area contributed by atoms with Crippen molar-refractivity contribution < 1.29 is 9.90 Å². The first kappa shape index (κ1) is 11.1. The Bertz CT molecular complexity index is 385. The van der Waals surface area contributed by atoms with Crippen LogP contribution < -0.4 is 0 Å². The van der Waals surface area contributed by atoms with E-state index in [9.17, 15) is 4.79 Å². The first-order valence-corrected chi connectivity index (χ1v) is 5.71. The molecule has 0 spiro atoms. The lowest BCUT2D eigenvalue weighted by atomic mass is 10.1. The molecule has 1 fully saturated rings. The highest BCUT2D eigenvalue weighted by Gasteiger charge is 2.32. The molecule has 1 amide bonds. The molecule has 2 rings (SSSR count). The van der Waals surface area contributed by atoms with Crippen LogP contribution in [-0.2, 0) is 0 Å². The third kappa shape index (κ3) is 2.25. The molecule has 1 aromatic rings. The van der Waals surface area contributed by atoms with Crippen LogP contribution in [0.5, 0.6) is 0 Å². The van der Waals surface area contributed by atoms with E-state index in [0.717, 1.165) is 24.0 Å². The Hall–Kier alpha value is -1.35. The van der Waals surface area contributed by atoms with Gasteiger partial charge in [-0.2, -0.15) is 0 Å². The second-order valence-electron chi connectivity index (χ2n) is 4.27. The van der Waals surface area contributed by atoms with Crippen LogP contribution in [0.25, 0.3) is 0 Å². The van der Waals surface area contributed by atoms with Gasteiger partial charge in [-0.15, -0.1) is 0 Å². The van der Waals surface area contributed by atoms with Gasteiger partial charge in [0.25, 0.3) is 5.91 Å². The second kappa shape index (κ2) is 4.66. The number of aryl methyl sites for hydroxylation is 1. The third-order valence-electron chi connectivity index (χ3n) is 2.96. The van der Waals surface area contributed by atoms with Crippen molar-refractivity contribution >= 4 is 5.91 Å². The fraction of sp³-hybridized carbons (Fsp3) is 0.462. The van der Waals surface area contributed by atoms with Crippen LogP contribution in [-0.4, -0.2) is 35.1 Å². The molecule has 86 valence electrons. The number of carbonyl (C=O) groups is 1. The van der Waals surface area contributed by atoms with Crippen LogP contribution in [0.4, 0.5) is 0 Å². The summed E-state index contributed by atoms with van der Waals surface area (Å²) in [6, 6.07) is 7.95. The molecule has 0 radical (unpaired) electrons. The monoisotopic (exact) mass is 219 g/mol. The minimum atomic E-state index is 0.0358. The van der Waals surface area contributed by atoms with E-state index >= 15 is 0 Å². The summed E-state index contributed by atoms with van der Waals surface area (Å²) in [7, 11) is 0. The number of benzene rings is 1. The second-order valence-corrected chi connectivity index (χ2v) is 4.27. The van der Waals surface area contributed by atoms with Gasteiger partial charge in [-0.1, -0.05) is 18.2 Å². The topological polar surface area (TPSA) is 40.5 Å². The van der Waals surface area contributed by atoms with Gasteiger partial charge in [-0.25, -0.2) is 0 Å². The van der Waals surface area contributed by atoms with Crippen molar-refractivity contribution in [2.45, 2.75) is 25.8 Å². The summed E-state index contributed by atoms with van der Waals surface area (Å²) >= 11 is 0. The Balaban J connectivity index is 2.19. The minimum Gasteiger partial charge on any atom is -0.395 e. The van der Waals surface area contributed by atoms with E-state index in [1.54, 1.807) is 4.90 Å². The number of hydrogen-bond acceptors (Lipinski definition) is 2. The number of rotatable bonds is 4. The highest BCUT2D eigenvalue weighted by atomic mass is 16.3. The van der Waals surface area contributed by atoms with Crippen LogP contribution in [0.15, 0.2) is 24.3 Å². The predicted molar refractivity (Wildman–Crippen MR) is 62.3 cm³/mol. The van der Waals surface area contributed by atoms with Crippen LogP contribution in [0, 0.1) is 6.92 Å². The largest absolute Gasteiger partial charge is 0.395 e. The maximum Gasteiger partial charge on any atom is 0.254 e. The molecule has 0 aliphatic heterocycles. The maximum atomic E-state index is 12.3. The third-order valence-corrected chi connectivity index (χ3v) is 2.96. The van der Waals surface area contributed by atoms with Gasteiger partial charge in [-0.05, 0) is 31.4 Å². The molecule has 0 bridgehead atoms. The normalized spacial score (nSPS) is 14.9. The number of hydrogen-bond donors (Lipinski definition) is 1. The Morgan fingerprint density at radius 1 is 1.44 bits per heavy atom. The van der Waals surface area contributed by atoms with Crippen molar-refractivity contribution in [2.75, 3.05) is 13.2 Å². The smallest absolute Gasteiger partial charge is 0.254 e. The zero-order chi connectivity index (χ0) is 11.5. The molecule has 1 aromatic carbocycles. The van der Waals surface area contributed by atoms with E-state index in [1.807, 2.05) is 31.2 Å². The summed E-state index contributed by atoms with van der Waals surface area (Å²) in [5, 5.41) is 8.98. The van der Waals surface area contributed by atoms with E-state index in [1.165, 1.54) is 0 Å². The summed E-state index contributed by atoms with van der Waals surface area (Å²) < 4.78 is 0. The van der Waals surface area contributed by atoms with Gasteiger partial charge in [0.15, 0.2) is 0 Å². The van der Waals surface area contributed by atoms with E-state index in [2.05, 4.69) is 0 Å². The number of amides is 1. The minimum absolute atomic E-state index is 0.0358. The van der Waals surface area contributed by atoms with Gasteiger partial charge in [0, 0.05) is 18.2 Å². The Kier molecular flexibility index (Phi) is 3.25. The van der Waals surface area contributed by atoms with Crippen molar-refractivity contribution in [3.05, 3.63) is 35.4 Å². The molecule has 0 saturated heterocycles. The molecule has 1 aliphatic rings. The van der Waals surface area contributed by atoms with Crippen molar-refractivity contribution in [3.63, 3.8) is 0 Å². The fourth-order valence-electron chi connectivity index (χ4n) is 1.91. The molecule has 0 unspecified atom stereocenters. The van der Waals surface area contributed by atoms with Gasteiger partial charge in [-0.3, -0.25) is 4.79 Å². The number of aliphatic hydroxyl groups is 1. The molecule has 0 aromatic heterocycles. The van der Waals surface area contributed by atoms with E-state index in [-0.39, 0.29) is 12.5 Å². The summed E-state index contributed by atoms with van der Waals surface area (Å²) in [5.41, 5.74) is 1.75. The van der Waals surface area contributed by atoms with Crippen molar-refractivity contribution in [1.82, 2.24) is 4.90 Å². The highest BCUT2D eigenvalue weighted by Crippen LogP contribution is 2.28. The molecule has 16 heavy (non-hydrogen) atoms. The lowest BCUT2D eigenvalue weighted by Crippen LogP contribution is -2.35. The van der Waals surface area contributed by atoms with Crippen LogP contribution in [0.1, 0.15) is 28.8 Å². The Morgan fingerprint density at radius 2 is 2.12 bits per heavy atom. The fourth-order valence-corrected chi connectivity index (χ4v) is 1.91. The van der Waals surface area contributed by atoms with Crippen LogP contribution >= 0.6 is 0 Å². The van der Waals surface area contributed by atoms with E-state index in [0.29, 0.717) is 12.6 Å². The average Bonchev–Trinajstić information content (AvgIpc) is 3.09. The molecule has 0 atom stereocenters. The van der Waals surface area contributed by atoms with Gasteiger partial charge in [0.1, 0.15) is 0 Å². The standard InChI is InChI=1S/C13H17NO2/c1-10-4-2-3-5-12(10)13(16)14(8-9-15)11-6-7-11/h2-5,11,15H,6-9H2,1H3. The summed E-state index contributed by atoms with van der Waals surface area (Å²) in [6.07, 6.45) is 2.13. The quantitative estimate of drug-likeness (QED) is 0.835. The molecule has 3 heteroatoms. The number of nitrogens with zero attached hydrogens (tertiary/aromatic N) is 1. The zero-order valence-corrected chi connectivity index (χ0v) is 9.52. The van der Waals surface area contributed by atoms with Crippen molar-refractivity contribution in [1.29, 1.82) is 0 Å². The van der Waals surface area contributed by atoms with Crippen molar-refractivity contribution in [3.8, 4) is 0 Å². The Labute approximate surface area is 95.7 Å². The van der Waals surface area contributed by atoms with Gasteiger partial charge in [0.05, 0.1) is 6.61 Å². The van der Waals surface area contributed by atoms with E-state index < -0.39 is 0 Å². The number of carbonyl (C=O) groups excluding carboxylic acids is 1. The molecule has 0 heterocycles. The first-order valence-electron chi connectivity index (χ1n) is 5.71. The zero-order valence-electron chi connectivity index (χ0n) is 9.52. The molecular formula is C13H17NO2. The number of aliphatic hydroxyl groups excluding tert-OH is 1. The Morgan fingerprint density at radius 3 is 2.69 bits per heavy atom. The molecule has 1 N–H and O–H groups in total. The SMILES string of the molecule is Cc1ccccc1C(=O)N(CCO)C1CC1. The molecule has 1 aliphatic carbocycles. The predicted octanol–water partition coefficient (Wildman–Crippen LogP) is 1.59. The van der Waals surface area contributed by atoms with Gasteiger partial charge < -0.3 is 10.0 Å². The molecule has 1 saturated carbocycles. The van der Waals surface area contributed by atoms with Crippen LogP contribution in [0.2, 0.25) is 0 Å². The first-order chi connectivity index (χ1) is 7.74.